The van der Waals surface area contributed by atoms with Gasteiger partial charge in [-0.1, -0.05) is 93.0 Å². The number of hydrogen-bond donors (Lipinski definition) is 1. The predicted octanol–water partition coefficient (Wildman–Crippen LogP) is 8.32. The number of Topliss-reactive ketones (excluding diaryl/α,β-unsaturated/α-hetero) is 1. The zero-order chi connectivity index (χ0) is 27.5. The molecule has 6 heteroatoms. The van der Waals surface area contributed by atoms with Crippen LogP contribution in [-0.2, 0) is 10.2 Å². The lowest BCUT2D eigenvalue weighted by molar-refractivity contribution is -0.117. The smallest absolute Gasteiger partial charge is 0.294 e. The molecule has 0 radical (unpaired) electrons. The fourth-order valence-electron chi connectivity index (χ4n) is 5.24. The van der Waals surface area contributed by atoms with E-state index in [1.54, 1.807) is 24.3 Å². The first kappa shape index (κ1) is 25.0. The van der Waals surface area contributed by atoms with Crippen LogP contribution in [0.4, 0.5) is 5.69 Å². The lowest BCUT2D eigenvalue weighted by Gasteiger charge is -2.28. The van der Waals surface area contributed by atoms with Crippen LogP contribution in [0, 0.1) is 0 Å². The van der Waals surface area contributed by atoms with Crippen LogP contribution < -0.4 is 4.90 Å². The van der Waals surface area contributed by atoms with Gasteiger partial charge in [0.25, 0.3) is 5.91 Å². The van der Waals surface area contributed by atoms with Crippen molar-refractivity contribution in [3.05, 3.63) is 124 Å². The van der Waals surface area contributed by atoms with Crippen molar-refractivity contribution in [1.29, 1.82) is 0 Å². The van der Waals surface area contributed by atoms with Gasteiger partial charge in [0, 0.05) is 15.8 Å². The van der Waals surface area contributed by atoms with Crippen molar-refractivity contribution in [3.63, 3.8) is 0 Å². The Balaban J connectivity index is 1.53. The second-order valence-corrected chi connectivity index (χ2v) is 11.3. The topological polar surface area (TPSA) is 70.7 Å². The van der Waals surface area contributed by atoms with E-state index in [4.69, 9.17) is 16.0 Å². The molecule has 0 spiro atoms. The van der Waals surface area contributed by atoms with Crippen molar-refractivity contribution in [1.82, 2.24) is 0 Å². The van der Waals surface area contributed by atoms with E-state index >= 15 is 0 Å². The molecule has 5 aromatic rings. The Kier molecular flexibility index (Phi) is 5.85. The quantitative estimate of drug-likeness (QED) is 0.235. The van der Waals surface area contributed by atoms with Gasteiger partial charge in [0.2, 0.25) is 5.78 Å². The lowest BCUT2D eigenvalue weighted by atomic mass is 9.85. The molecule has 6 rings (SSSR count). The molecule has 2 heterocycles. The number of furan rings is 1. The van der Waals surface area contributed by atoms with Gasteiger partial charge in [-0.2, -0.15) is 0 Å². The molecule has 1 atom stereocenters. The zero-order valence-electron chi connectivity index (χ0n) is 21.7. The van der Waals surface area contributed by atoms with E-state index in [1.807, 2.05) is 66.7 Å². The maximum atomic E-state index is 14.0. The lowest BCUT2D eigenvalue weighted by Crippen LogP contribution is -2.31. The summed E-state index contributed by atoms with van der Waals surface area (Å²) in [5.41, 5.74) is 2.81. The van der Waals surface area contributed by atoms with Gasteiger partial charge in [-0.25, -0.2) is 0 Å². The van der Waals surface area contributed by atoms with Crippen molar-refractivity contribution in [2.24, 2.45) is 0 Å². The third-order valence-corrected chi connectivity index (χ3v) is 7.51. The summed E-state index contributed by atoms with van der Waals surface area (Å²) >= 11 is 6.13. The first-order valence-corrected chi connectivity index (χ1v) is 13.1. The fraction of sp³-hybridized carbons (Fsp3) is 0.152. The summed E-state index contributed by atoms with van der Waals surface area (Å²) in [7, 11) is 0. The van der Waals surface area contributed by atoms with Crippen molar-refractivity contribution in [2.75, 3.05) is 4.90 Å². The summed E-state index contributed by atoms with van der Waals surface area (Å²) in [6.45, 7) is 6.37. The molecule has 0 saturated carbocycles. The number of nitrogens with zero attached hydrogens (tertiary/aromatic N) is 1. The highest BCUT2D eigenvalue weighted by Crippen LogP contribution is 2.44. The average molecular weight is 536 g/mol. The molecule has 0 saturated heterocycles. The van der Waals surface area contributed by atoms with Crippen LogP contribution in [0.3, 0.4) is 0 Å². The number of aliphatic hydroxyl groups excluding tert-OH is 1. The van der Waals surface area contributed by atoms with E-state index in [2.05, 4.69) is 20.8 Å². The molecule has 194 valence electrons. The molecule has 1 aromatic heterocycles. The van der Waals surface area contributed by atoms with Crippen LogP contribution >= 0.6 is 11.6 Å². The van der Waals surface area contributed by atoms with E-state index in [-0.39, 0.29) is 16.7 Å². The number of rotatable bonds is 4. The van der Waals surface area contributed by atoms with Crippen LogP contribution in [0.1, 0.15) is 48.5 Å². The van der Waals surface area contributed by atoms with Crippen molar-refractivity contribution in [2.45, 2.75) is 32.2 Å². The second-order valence-electron chi connectivity index (χ2n) is 10.8. The first-order valence-electron chi connectivity index (χ1n) is 12.7. The molecule has 1 unspecified atom stereocenters. The van der Waals surface area contributed by atoms with Gasteiger partial charge in [-0.15, -0.1) is 0 Å². The van der Waals surface area contributed by atoms with Crippen molar-refractivity contribution < 1.29 is 19.1 Å². The number of anilines is 1. The molecule has 0 bridgehead atoms. The molecule has 1 N–H and O–H groups in total. The Labute approximate surface area is 230 Å². The van der Waals surface area contributed by atoms with Crippen molar-refractivity contribution in [3.8, 4) is 0 Å². The molecular weight excluding hydrogens is 510 g/mol. The highest BCUT2D eigenvalue weighted by molar-refractivity contribution is 6.31. The summed E-state index contributed by atoms with van der Waals surface area (Å²) in [6, 6.07) is 27.0. The Bertz CT molecular complexity index is 1800. The molecule has 1 aliphatic rings. The molecule has 0 fully saturated rings. The van der Waals surface area contributed by atoms with Gasteiger partial charge < -0.3 is 9.52 Å². The highest BCUT2D eigenvalue weighted by Gasteiger charge is 2.45. The number of aliphatic hydroxyl groups is 1. The minimum absolute atomic E-state index is 0.0256. The average Bonchev–Trinajstić information content (AvgIpc) is 3.46. The molecule has 5 nitrogen and oxygen atoms in total. The third kappa shape index (κ3) is 4.19. The summed E-state index contributed by atoms with van der Waals surface area (Å²) < 4.78 is 5.86. The third-order valence-electron chi connectivity index (χ3n) is 7.27. The number of amides is 1. The standard InChI is InChI=1S/C33H26ClNO4/c1-33(2,3)22-13-11-20(12-14-22)29-28(30(36)27-18-21-17-23(34)15-16-26(21)39-27)31(37)32(38)35(29)25-10-6-8-19-7-4-5-9-24(19)25/h4-18,29,37H,1-3H3. The van der Waals surface area contributed by atoms with E-state index in [9.17, 15) is 14.7 Å². The fourth-order valence-corrected chi connectivity index (χ4v) is 5.42. The van der Waals surface area contributed by atoms with Crippen molar-refractivity contribution >= 4 is 50.7 Å². The Morgan fingerprint density at radius 1 is 0.897 bits per heavy atom. The van der Waals surface area contributed by atoms with Crippen LogP contribution in [0.25, 0.3) is 21.7 Å². The number of fused-ring (bicyclic) bond motifs is 2. The molecule has 39 heavy (non-hydrogen) atoms. The molecule has 4 aromatic carbocycles. The monoisotopic (exact) mass is 535 g/mol. The van der Waals surface area contributed by atoms with Crippen LogP contribution in [-0.4, -0.2) is 16.8 Å². The van der Waals surface area contributed by atoms with Gasteiger partial charge >= 0.3 is 0 Å². The van der Waals surface area contributed by atoms with Crippen LogP contribution in [0.2, 0.25) is 5.02 Å². The normalized spacial score (nSPS) is 16.1. The van der Waals surface area contributed by atoms with E-state index < -0.39 is 23.5 Å². The van der Waals surface area contributed by atoms with Gasteiger partial charge in [-0.05, 0) is 52.3 Å². The number of ketones is 1. The highest BCUT2D eigenvalue weighted by atomic mass is 35.5. The number of benzene rings is 4. The minimum Gasteiger partial charge on any atom is -0.503 e. The van der Waals surface area contributed by atoms with Crippen LogP contribution in [0.15, 0.2) is 107 Å². The van der Waals surface area contributed by atoms with Gasteiger partial charge in [-0.3, -0.25) is 14.5 Å². The number of carbonyl (C=O) groups is 2. The minimum atomic E-state index is -0.860. The summed E-state index contributed by atoms with van der Waals surface area (Å²) in [6.07, 6.45) is 0. The summed E-state index contributed by atoms with van der Waals surface area (Å²) in [5, 5.41) is 14.2. The van der Waals surface area contributed by atoms with E-state index in [0.717, 1.165) is 16.3 Å². The van der Waals surface area contributed by atoms with Gasteiger partial charge in [0.15, 0.2) is 11.5 Å². The van der Waals surface area contributed by atoms with Crippen LogP contribution in [0.5, 0.6) is 0 Å². The largest absolute Gasteiger partial charge is 0.503 e. The summed E-state index contributed by atoms with van der Waals surface area (Å²) in [5.74, 6) is -1.76. The molecule has 0 aliphatic carbocycles. The number of halogens is 1. The number of hydrogen-bond acceptors (Lipinski definition) is 4. The predicted molar refractivity (Wildman–Crippen MR) is 155 cm³/mol. The maximum absolute atomic E-state index is 14.0. The SMILES string of the molecule is CC(C)(C)c1ccc(C2C(C(=O)c3cc4cc(Cl)ccc4o3)=C(O)C(=O)N2c2cccc3ccccc23)cc1. The molecular formula is C33H26ClNO4. The Morgan fingerprint density at radius 2 is 1.62 bits per heavy atom. The summed E-state index contributed by atoms with van der Waals surface area (Å²) in [4.78, 5) is 29.2. The Hall–Kier alpha value is -4.35. The second kappa shape index (κ2) is 9.14. The van der Waals surface area contributed by atoms with Gasteiger partial charge in [0.1, 0.15) is 5.58 Å². The van der Waals surface area contributed by atoms with E-state index in [1.165, 1.54) is 4.90 Å². The first-order chi connectivity index (χ1) is 18.6. The molecule has 1 aliphatic heterocycles. The maximum Gasteiger partial charge on any atom is 0.294 e. The van der Waals surface area contributed by atoms with E-state index in [0.29, 0.717) is 27.2 Å². The zero-order valence-corrected chi connectivity index (χ0v) is 22.5. The molecule has 1 amide bonds. The van der Waals surface area contributed by atoms with Gasteiger partial charge in [0.05, 0.1) is 17.3 Å². The number of carbonyl (C=O) groups excluding carboxylic acids is 2. The Morgan fingerprint density at radius 3 is 2.36 bits per heavy atom.